The molecule has 0 radical (unpaired) electrons. The fourth-order valence-electron chi connectivity index (χ4n) is 1.96. The van der Waals surface area contributed by atoms with E-state index in [4.69, 9.17) is 5.26 Å². The van der Waals surface area contributed by atoms with Gasteiger partial charge in [-0.25, -0.2) is 4.39 Å². The summed E-state index contributed by atoms with van der Waals surface area (Å²) in [5.74, 6) is 0. The molecule has 17 heavy (non-hydrogen) atoms. The van der Waals surface area contributed by atoms with E-state index in [2.05, 4.69) is 5.32 Å². The third-order valence-corrected chi connectivity index (χ3v) is 2.93. The van der Waals surface area contributed by atoms with Crippen molar-refractivity contribution in [3.8, 4) is 6.07 Å². The molecule has 1 N–H and O–H groups in total. The number of rotatable bonds is 1. The normalized spacial score (nSPS) is 17.5. The van der Waals surface area contributed by atoms with Gasteiger partial charge in [-0.1, -0.05) is 26.0 Å². The van der Waals surface area contributed by atoms with Crippen molar-refractivity contribution in [2.75, 3.05) is 13.1 Å². The van der Waals surface area contributed by atoms with Crippen LogP contribution in [0, 0.1) is 11.3 Å². The molecule has 0 spiro atoms. The topological polar surface area (TPSA) is 35.8 Å². The van der Waals surface area contributed by atoms with E-state index in [0.717, 1.165) is 13.1 Å². The van der Waals surface area contributed by atoms with Crippen molar-refractivity contribution in [2.24, 2.45) is 0 Å². The zero-order valence-corrected chi connectivity index (χ0v) is 10.5. The summed E-state index contributed by atoms with van der Waals surface area (Å²) >= 11 is 0. The molecular weight excluding hydrogens is 215 g/mol. The van der Waals surface area contributed by atoms with E-state index in [1.807, 2.05) is 19.9 Å². The van der Waals surface area contributed by atoms with Gasteiger partial charge in [0.2, 0.25) is 0 Å². The smallest absolute Gasteiger partial charge is 0.138 e. The van der Waals surface area contributed by atoms with Crippen LogP contribution in [0.2, 0.25) is 0 Å². The molecule has 0 bridgehead atoms. The first-order valence-electron chi connectivity index (χ1n) is 6.15. The third-order valence-electron chi connectivity index (χ3n) is 2.93. The second-order valence-electron chi connectivity index (χ2n) is 3.90. The zero-order chi connectivity index (χ0) is 12.7. The third kappa shape index (κ3) is 3.28. The highest BCUT2D eigenvalue weighted by Crippen LogP contribution is 2.34. The largest absolute Gasteiger partial charge is 0.316 e. The lowest BCUT2D eigenvalue weighted by atomic mass is 9.86. The SMILES string of the molecule is CC.N#Cc1ccc(C2(F)CCNCC2)cc1. The number of benzene rings is 1. The molecule has 92 valence electrons. The molecule has 1 aliphatic heterocycles. The molecule has 0 atom stereocenters. The summed E-state index contributed by atoms with van der Waals surface area (Å²) in [4.78, 5) is 0. The number of piperidine rings is 1. The van der Waals surface area contributed by atoms with Crippen LogP contribution in [0.5, 0.6) is 0 Å². The molecule has 3 heteroatoms. The minimum absolute atomic E-state index is 0.513. The highest BCUT2D eigenvalue weighted by Gasteiger charge is 2.33. The van der Waals surface area contributed by atoms with Crippen molar-refractivity contribution in [3.63, 3.8) is 0 Å². The molecule has 1 aromatic rings. The lowest BCUT2D eigenvalue weighted by Gasteiger charge is -2.30. The molecule has 0 aromatic heterocycles. The van der Waals surface area contributed by atoms with Gasteiger partial charge in [0.25, 0.3) is 0 Å². The number of alkyl halides is 1. The van der Waals surface area contributed by atoms with Crippen molar-refractivity contribution < 1.29 is 4.39 Å². The Kier molecular flexibility index (Phi) is 5.11. The maximum absolute atomic E-state index is 14.4. The van der Waals surface area contributed by atoms with Crippen LogP contribution in [0.4, 0.5) is 4.39 Å². The number of halogens is 1. The lowest BCUT2D eigenvalue weighted by molar-refractivity contribution is 0.115. The Bertz CT molecular complexity index is 372. The molecule has 1 heterocycles. The Balaban J connectivity index is 0.000000686. The van der Waals surface area contributed by atoms with Gasteiger partial charge in [0.1, 0.15) is 5.67 Å². The van der Waals surface area contributed by atoms with Gasteiger partial charge in [-0.05, 0) is 43.6 Å². The monoisotopic (exact) mass is 234 g/mol. The van der Waals surface area contributed by atoms with Crippen LogP contribution >= 0.6 is 0 Å². The van der Waals surface area contributed by atoms with Gasteiger partial charge in [-0.2, -0.15) is 5.26 Å². The van der Waals surface area contributed by atoms with E-state index in [1.54, 1.807) is 24.3 Å². The van der Waals surface area contributed by atoms with E-state index in [0.29, 0.717) is 24.0 Å². The summed E-state index contributed by atoms with van der Waals surface area (Å²) in [5, 5.41) is 11.8. The molecule has 0 unspecified atom stereocenters. The Morgan fingerprint density at radius 1 is 1.18 bits per heavy atom. The summed E-state index contributed by atoms with van der Waals surface area (Å²) in [6.07, 6.45) is 1.03. The molecular formula is C14H19FN2. The summed E-state index contributed by atoms with van der Waals surface area (Å²) in [7, 11) is 0. The Labute approximate surface area is 102 Å². The summed E-state index contributed by atoms with van der Waals surface area (Å²) < 4.78 is 14.4. The highest BCUT2D eigenvalue weighted by molar-refractivity contribution is 5.34. The summed E-state index contributed by atoms with van der Waals surface area (Å²) in [5.41, 5.74) is 0.0680. The van der Waals surface area contributed by atoms with Crippen LogP contribution in [0.3, 0.4) is 0 Å². The average molecular weight is 234 g/mol. The highest BCUT2D eigenvalue weighted by atomic mass is 19.1. The van der Waals surface area contributed by atoms with Crippen molar-refractivity contribution >= 4 is 0 Å². The minimum Gasteiger partial charge on any atom is -0.316 e. The van der Waals surface area contributed by atoms with Gasteiger partial charge in [-0.3, -0.25) is 0 Å². The molecule has 1 fully saturated rings. The van der Waals surface area contributed by atoms with Crippen molar-refractivity contribution in [2.45, 2.75) is 32.4 Å². The average Bonchev–Trinajstić information content (AvgIpc) is 2.42. The molecule has 1 aliphatic rings. The Morgan fingerprint density at radius 3 is 2.18 bits per heavy atom. The fraction of sp³-hybridized carbons (Fsp3) is 0.500. The first-order chi connectivity index (χ1) is 8.24. The van der Waals surface area contributed by atoms with E-state index in [1.165, 1.54) is 0 Å². The second-order valence-corrected chi connectivity index (χ2v) is 3.90. The Hall–Kier alpha value is -1.40. The van der Waals surface area contributed by atoms with Gasteiger partial charge in [0.05, 0.1) is 11.6 Å². The standard InChI is InChI=1S/C12H13FN2.C2H6/c13-12(5-7-15-8-6-12)11-3-1-10(9-14)2-4-11;1-2/h1-4,15H,5-8H2;1-2H3. The predicted molar refractivity (Wildman–Crippen MR) is 67.4 cm³/mol. The van der Waals surface area contributed by atoms with E-state index in [-0.39, 0.29) is 0 Å². The molecule has 1 saturated heterocycles. The summed E-state index contributed by atoms with van der Waals surface area (Å²) in [6.45, 7) is 5.44. The molecule has 1 aromatic carbocycles. The van der Waals surface area contributed by atoms with Gasteiger partial charge >= 0.3 is 0 Å². The molecule has 0 saturated carbocycles. The first-order valence-corrected chi connectivity index (χ1v) is 6.15. The zero-order valence-electron chi connectivity index (χ0n) is 10.5. The molecule has 2 nitrogen and oxygen atoms in total. The van der Waals surface area contributed by atoms with Crippen LogP contribution in [-0.4, -0.2) is 13.1 Å². The van der Waals surface area contributed by atoms with Gasteiger partial charge in [-0.15, -0.1) is 0 Å². The number of nitrogens with one attached hydrogen (secondary N) is 1. The van der Waals surface area contributed by atoms with Crippen LogP contribution in [0.25, 0.3) is 0 Å². The van der Waals surface area contributed by atoms with E-state index in [9.17, 15) is 4.39 Å². The van der Waals surface area contributed by atoms with Crippen LogP contribution < -0.4 is 5.32 Å². The number of nitriles is 1. The predicted octanol–water partition coefficient (Wildman–Crippen LogP) is 3.13. The van der Waals surface area contributed by atoms with Crippen LogP contribution in [0.15, 0.2) is 24.3 Å². The first kappa shape index (κ1) is 13.7. The van der Waals surface area contributed by atoms with Gasteiger partial charge < -0.3 is 5.32 Å². The van der Waals surface area contributed by atoms with Crippen molar-refractivity contribution in [1.82, 2.24) is 5.32 Å². The van der Waals surface area contributed by atoms with E-state index < -0.39 is 5.67 Å². The van der Waals surface area contributed by atoms with E-state index >= 15 is 0 Å². The van der Waals surface area contributed by atoms with Crippen LogP contribution in [-0.2, 0) is 5.67 Å². The Morgan fingerprint density at radius 2 is 1.71 bits per heavy atom. The number of nitrogens with zero attached hydrogens (tertiary/aromatic N) is 1. The number of hydrogen-bond acceptors (Lipinski definition) is 2. The molecule has 0 aliphatic carbocycles. The van der Waals surface area contributed by atoms with Gasteiger partial charge in [0, 0.05) is 0 Å². The summed E-state index contributed by atoms with van der Waals surface area (Å²) in [6, 6.07) is 8.85. The minimum atomic E-state index is -1.21. The van der Waals surface area contributed by atoms with Crippen molar-refractivity contribution in [3.05, 3.63) is 35.4 Å². The van der Waals surface area contributed by atoms with Crippen molar-refractivity contribution in [1.29, 1.82) is 5.26 Å². The fourth-order valence-corrected chi connectivity index (χ4v) is 1.96. The molecule has 2 rings (SSSR count). The molecule has 0 amide bonds. The van der Waals surface area contributed by atoms with Crippen LogP contribution in [0.1, 0.15) is 37.8 Å². The maximum atomic E-state index is 14.4. The lowest BCUT2D eigenvalue weighted by Crippen LogP contribution is -2.36. The maximum Gasteiger partial charge on any atom is 0.138 e. The quantitative estimate of drug-likeness (QED) is 0.810. The second kappa shape index (κ2) is 6.36. The number of hydrogen-bond donors (Lipinski definition) is 1. The van der Waals surface area contributed by atoms with Gasteiger partial charge in [0.15, 0.2) is 0 Å².